The van der Waals surface area contributed by atoms with Gasteiger partial charge in [-0.3, -0.25) is 4.72 Å². The van der Waals surface area contributed by atoms with Crippen LogP contribution in [0.25, 0.3) is 11.1 Å². The van der Waals surface area contributed by atoms with Gasteiger partial charge in [-0.15, -0.1) is 0 Å². The van der Waals surface area contributed by atoms with Crippen molar-refractivity contribution >= 4 is 15.8 Å². The van der Waals surface area contributed by atoms with Gasteiger partial charge in [0.15, 0.2) is 0 Å². The molecule has 0 radical (unpaired) electrons. The standard InChI is InChI=1S/C15H12N4O2S/c20-22(21,14-4-2-1-3-5-14)19-15-7-6-12(10-18-15)13-8-16-11-17-9-13/h1-11H,(H,18,19). The second-order valence-corrected chi connectivity index (χ2v) is 6.16. The van der Waals surface area contributed by atoms with Crippen molar-refractivity contribution in [3.63, 3.8) is 0 Å². The molecule has 0 unspecified atom stereocenters. The fourth-order valence-corrected chi connectivity index (χ4v) is 2.90. The van der Waals surface area contributed by atoms with Crippen molar-refractivity contribution in [2.24, 2.45) is 0 Å². The fraction of sp³-hybridized carbons (Fsp3) is 0. The molecule has 110 valence electrons. The van der Waals surface area contributed by atoms with E-state index >= 15 is 0 Å². The van der Waals surface area contributed by atoms with Crippen molar-refractivity contribution in [1.82, 2.24) is 15.0 Å². The summed E-state index contributed by atoms with van der Waals surface area (Å²) >= 11 is 0. The van der Waals surface area contributed by atoms with Gasteiger partial charge in [0, 0.05) is 29.7 Å². The average Bonchev–Trinajstić information content (AvgIpc) is 2.57. The number of benzene rings is 1. The van der Waals surface area contributed by atoms with E-state index in [4.69, 9.17) is 0 Å². The lowest BCUT2D eigenvalue weighted by Crippen LogP contribution is -2.13. The quantitative estimate of drug-likeness (QED) is 0.799. The maximum Gasteiger partial charge on any atom is 0.263 e. The van der Waals surface area contributed by atoms with E-state index in [0.717, 1.165) is 11.1 Å². The molecule has 7 heteroatoms. The van der Waals surface area contributed by atoms with Gasteiger partial charge in [-0.1, -0.05) is 18.2 Å². The minimum Gasteiger partial charge on any atom is -0.263 e. The SMILES string of the molecule is O=S(=O)(Nc1ccc(-c2cncnc2)cn1)c1ccccc1. The van der Waals surface area contributed by atoms with E-state index in [1.807, 2.05) is 0 Å². The van der Waals surface area contributed by atoms with Gasteiger partial charge in [0.2, 0.25) is 0 Å². The molecule has 0 amide bonds. The second kappa shape index (κ2) is 5.90. The Kier molecular flexibility index (Phi) is 3.80. The van der Waals surface area contributed by atoms with Gasteiger partial charge in [0.1, 0.15) is 12.1 Å². The molecule has 0 atom stereocenters. The highest BCUT2D eigenvalue weighted by molar-refractivity contribution is 7.92. The Labute approximate surface area is 128 Å². The molecule has 0 bridgehead atoms. The Bertz CT molecular complexity index is 851. The third-order valence-corrected chi connectivity index (χ3v) is 4.32. The fourth-order valence-electron chi connectivity index (χ4n) is 1.87. The molecular formula is C15H12N4O2S. The molecule has 3 rings (SSSR count). The van der Waals surface area contributed by atoms with Crippen LogP contribution in [0.5, 0.6) is 0 Å². The van der Waals surface area contributed by atoms with Crippen LogP contribution in [0.2, 0.25) is 0 Å². The minimum atomic E-state index is -3.63. The van der Waals surface area contributed by atoms with Gasteiger partial charge < -0.3 is 0 Å². The number of aromatic nitrogens is 3. The molecule has 6 nitrogen and oxygen atoms in total. The van der Waals surface area contributed by atoms with E-state index in [0.29, 0.717) is 0 Å². The largest absolute Gasteiger partial charge is 0.263 e. The molecule has 1 N–H and O–H groups in total. The van der Waals surface area contributed by atoms with Crippen LogP contribution in [0, 0.1) is 0 Å². The minimum absolute atomic E-state index is 0.192. The molecule has 22 heavy (non-hydrogen) atoms. The topological polar surface area (TPSA) is 84.8 Å². The number of rotatable bonds is 4. The number of hydrogen-bond donors (Lipinski definition) is 1. The predicted octanol–water partition coefficient (Wildman–Crippen LogP) is 2.34. The normalized spacial score (nSPS) is 11.1. The first-order valence-corrected chi connectivity index (χ1v) is 7.93. The highest BCUT2D eigenvalue weighted by Crippen LogP contribution is 2.19. The van der Waals surface area contributed by atoms with Gasteiger partial charge in [-0.05, 0) is 24.3 Å². The third kappa shape index (κ3) is 3.09. The van der Waals surface area contributed by atoms with Gasteiger partial charge in [-0.25, -0.2) is 23.4 Å². The Morgan fingerprint density at radius 2 is 1.55 bits per heavy atom. The Balaban J connectivity index is 1.83. The molecule has 0 spiro atoms. The summed E-state index contributed by atoms with van der Waals surface area (Å²) in [6.45, 7) is 0. The Morgan fingerprint density at radius 1 is 0.818 bits per heavy atom. The molecule has 3 aromatic rings. The van der Waals surface area contributed by atoms with E-state index < -0.39 is 10.0 Å². The van der Waals surface area contributed by atoms with Gasteiger partial charge in [0.05, 0.1) is 4.90 Å². The van der Waals surface area contributed by atoms with E-state index in [-0.39, 0.29) is 10.7 Å². The predicted molar refractivity (Wildman–Crippen MR) is 82.5 cm³/mol. The molecule has 2 heterocycles. The van der Waals surface area contributed by atoms with Crippen molar-refractivity contribution in [1.29, 1.82) is 0 Å². The van der Waals surface area contributed by atoms with Crippen LogP contribution in [0.1, 0.15) is 0 Å². The number of hydrogen-bond acceptors (Lipinski definition) is 5. The molecule has 0 saturated heterocycles. The van der Waals surface area contributed by atoms with Crippen LogP contribution in [0.3, 0.4) is 0 Å². The molecule has 2 aromatic heterocycles. The van der Waals surface area contributed by atoms with Crippen molar-refractivity contribution < 1.29 is 8.42 Å². The summed E-state index contributed by atoms with van der Waals surface area (Å²) < 4.78 is 26.8. The van der Waals surface area contributed by atoms with Gasteiger partial charge in [0.25, 0.3) is 10.0 Å². The summed E-state index contributed by atoms with van der Waals surface area (Å²) in [5.74, 6) is 0.254. The van der Waals surface area contributed by atoms with Gasteiger partial charge in [-0.2, -0.15) is 0 Å². The Hall–Kier alpha value is -2.80. The lowest BCUT2D eigenvalue weighted by molar-refractivity contribution is 0.601. The highest BCUT2D eigenvalue weighted by atomic mass is 32.2. The van der Waals surface area contributed by atoms with Crippen molar-refractivity contribution in [2.45, 2.75) is 4.90 Å². The zero-order valence-electron chi connectivity index (χ0n) is 11.4. The number of nitrogens with zero attached hydrogens (tertiary/aromatic N) is 3. The monoisotopic (exact) mass is 312 g/mol. The van der Waals surface area contributed by atoms with E-state index in [1.165, 1.54) is 18.5 Å². The molecule has 0 aliphatic carbocycles. The van der Waals surface area contributed by atoms with E-state index in [9.17, 15) is 8.42 Å². The first-order chi connectivity index (χ1) is 10.6. The summed E-state index contributed by atoms with van der Waals surface area (Å²) in [5, 5.41) is 0. The second-order valence-electron chi connectivity index (χ2n) is 4.48. The van der Waals surface area contributed by atoms with Crippen molar-refractivity contribution in [3.05, 3.63) is 67.4 Å². The maximum absolute atomic E-state index is 12.2. The first-order valence-electron chi connectivity index (χ1n) is 6.44. The highest BCUT2D eigenvalue weighted by Gasteiger charge is 2.13. The summed E-state index contributed by atoms with van der Waals surface area (Å²) in [7, 11) is -3.63. The number of pyridine rings is 1. The van der Waals surface area contributed by atoms with Gasteiger partial charge >= 0.3 is 0 Å². The molecule has 0 fully saturated rings. The van der Waals surface area contributed by atoms with Crippen molar-refractivity contribution in [2.75, 3.05) is 4.72 Å². The average molecular weight is 312 g/mol. The number of nitrogens with one attached hydrogen (secondary N) is 1. The maximum atomic E-state index is 12.2. The molecular weight excluding hydrogens is 300 g/mol. The molecule has 0 aliphatic rings. The summed E-state index contributed by atoms with van der Waals surface area (Å²) in [6, 6.07) is 11.5. The first kappa shape index (κ1) is 14.2. The number of sulfonamides is 1. The molecule has 1 aromatic carbocycles. The summed E-state index contributed by atoms with van der Waals surface area (Å²) in [6.07, 6.45) is 6.34. The molecule has 0 saturated carbocycles. The summed E-state index contributed by atoms with van der Waals surface area (Å²) in [5.41, 5.74) is 1.62. The van der Waals surface area contributed by atoms with E-state index in [1.54, 1.807) is 48.9 Å². The van der Waals surface area contributed by atoms with Crippen LogP contribution in [0.4, 0.5) is 5.82 Å². The van der Waals surface area contributed by atoms with E-state index in [2.05, 4.69) is 19.7 Å². The lowest BCUT2D eigenvalue weighted by atomic mass is 10.1. The van der Waals surface area contributed by atoms with Crippen LogP contribution >= 0.6 is 0 Å². The third-order valence-electron chi connectivity index (χ3n) is 2.95. The summed E-state index contributed by atoms with van der Waals surface area (Å²) in [4.78, 5) is 12.2. The zero-order valence-corrected chi connectivity index (χ0v) is 12.2. The van der Waals surface area contributed by atoms with Crippen LogP contribution in [0.15, 0.2) is 72.3 Å². The molecule has 0 aliphatic heterocycles. The smallest absolute Gasteiger partial charge is 0.263 e. The zero-order chi connectivity index (χ0) is 15.4. The van der Waals surface area contributed by atoms with Crippen molar-refractivity contribution in [3.8, 4) is 11.1 Å². The number of anilines is 1. The van der Waals surface area contributed by atoms with Crippen LogP contribution < -0.4 is 4.72 Å². The Morgan fingerprint density at radius 3 is 2.18 bits per heavy atom. The van der Waals surface area contributed by atoms with Crippen LogP contribution in [-0.4, -0.2) is 23.4 Å². The lowest BCUT2D eigenvalue weighted by Gasteiger charge is -2.07. The van der Waals surface area contributed by atoms with Crippen LogP contribution in [-0.2, 0) is 10.0 Å².